The number of ether oxygens (including phenoxy) is 1. The molecule has 3 rings (SSSR count). The van der Waals surface area contributed by atoms with Gasteiger partial charge in [0.1, 0.15) is 5.69 Å². The van der Waals surface area contributed by atoms with Crippen LogP contribution in [0.1, 0.15) is 33.7 Å². The van der Waals surface area contributed by atoms with Gasteiger partial charge >= 0.3 is 5.97 Å². The standard InChI is InChI=1S/C17H21N3O5/c21-15(12-3-4-14(17(23)24)18-10-12)20-5-1-2-13(11-20)16(22)19-6-8-25-9-7-19/h3-4,10,13H,1-2,5-9,11H2,(H,23,24). The van der Waals surface area contributed by atoms with Crippen LogP contribution in [0.3, 0.4) is 0 Å². The van der Waals surface area contributed by atoms with Crippen molar-refractivity contribution in [1.29, 1.82) is 0 Å². The first kappa shape index (κ1) is 17.3. The minimum Gasteiger partial charge on any atom is -0.477 e. The molecule has 1 aromatic rings. The summed E-state index contributed by atoms with van der Waals surface area (Å²) in [5.74, 6) is -1.46. The second-order valence-electron chi connectivity index (χ2n) is 6.27. The second-order valence-corrected chi connectivity index (χ2v) is 6.27. The van der Waals surface area contributed by atoms with Crippen LogP contribution >= 0.6 is 0 Å². The van der Waals surface area contributed by atoms with E-state index >= 15 is 0 Å². The molecule has 8 nitrogen and oxygen atoms in total. The zero-order valence-corrected chi connectivity index (χ0v) is 13.9. The predicted molar refractivity (Wildman–Crippen MR) is 87.2 cm³/mol. The highest BCUT2D eigenvalue weighted by molar-refractivity contribution is 5.95. The van der Waals surface area contributed by atoms with Crippen LogP contribution in [0.15, 0.2) is 18.3 Å². The lowest BCUT2D eigenvalue weighted by Crippen LogP contribution is -2.49. The van der Waals surface area contributed by atoms with Gasteiger partial charge in [-0.2, -0.15) is 0 Å². The largest absolute Gasteiger partial charge is 0.477 e. The Hall–Kier alpha value is -2.48. The van der Waals surface area contributed by atoms with Crippen molar-refractivity contribution in [2.75, 3.05) is 39.4 Å². The number of amides is 2. The Balaban J connectivity index is 1.64. The molecule has 1 aromatic heterocycles. The van der Waals surface area contributed by atoms with Crippen LogP contribution < -0.4 is 0 Å². The number of hydrogen-bond acceptors (Lipinski definition) is 5. The quantitative estimate of drug-likeness (QED) is 0.854. The first-order chi connectivity index (χ1) is 12.1. The number of aromatic carboxylic acids is 1. The maximum atomic E-state index is 12.6. The van der Waals surface area contributed by atoms with E-state index in [0.717, 1.165) is 12.8 Å². The van der Waals surface area contributed by atoms with Crippen molar-refractivity contribution in [2.24, 2.45) is 5.92 Å². The van der Waals surface area contributed by atoms with Crippen LogP contribution in [0.5, 0.6) is 0 Å². The zero-order valence-electron chi connectivity index (χ0n) is 13.9. The number of aromatic nitrogens is 1. The Bertz CT molecular complexity index is 655. The lowest BCUT2D eigenvalue weighted by molar-refractivity contribution is -0.141. The van der Waals surface area contributed by atoms with E-state index in [4.69, 9.17) is 9.84 Å². The van der Waals surface area contributed by atoms with E-state index in [1.807, 2.05) is 4.90 Å². The molecular weight excluding hydrogens is 326 g/mol. The molecule has 0 saturated carbocycles. The normalized spacial score (nSPS) is 21.0. The van der Waals surface area contributed by atoms with Crippen LogP contribution in [0.4, 0.5) is 0 Å². The third-order valence-corrected chi connectivity index (χ3v) is 4.61. The Morgan fingerprint density at radius 1 is 1.12 bits per heavy atom. The molecule has 0 radical (unpaired) electrons. The Morgan fingerprint density at radius 3 is 2.52 bits per heavy atom. The number of nitrogens with zero attached hydrogens (tertiary/aromatic N) is 3. The molecule has 2 fully saturated rings. The topological polar surface area (TPSA) is 100 Å². The minimum absolute atomic E-state index is 0.0835. The molecule has 2 aliphatic rings. The van der Waals surface area contributed by atoms with Crippen molar-refractivity contribution < 1.29 is 24.2 Å². The number of likely N-dealkylation sites (tertiary alicyclic amines) is 1. The number of rotatable bonds is 3. The fourth-order valence-corrected chi connectivity index (χ4v) is 3.23. The first-order valence-corrected chi connectivity index (χ1v) is 8.41. The summed E-state index contributed by atoms with van der Waals surface area (Å²) in [5.41, 5.74) is 0.236. The maximum Gasteiger partial charge on any atom is 0.354 e. The molecule has 1 atom stereocenters. The summed E-state index contributed by atoms with van der Waals surface area (Å²) in [4.78, 5) is 43.3. The SMILES string of the molecule is O=C(O)c1ccc(C(=O)N2CCCC(C(=O)N3CCOCC3)C2)cn1. The lowest BCUT2D eigenvalue weighted by atomic mass is 9.95. The minimum atomic E-state index is -1.13. The molecule has 1 unspecified atom stereocenters. The molecule has 25 heavy (non-hydrogen) atoms. The second kappa shape index (κ2) is 7.60. The summed E-state index contributed by atoms with van der Waals surface area (Å²) in [5, 5.41) is 8.87. The molecule has 0 aliphatic carbocycles. The molecule has 134 valence electrons. The molecule has 0 spiro atoms. The van der Waals surface area contributed by atoms with E-state index in [1.54, 1.807) is 4.90 Å². The van der Waals surface area contributed by atoms with Gasteiger partial charge in [-0.15, -0.1) is 0 Å². The van der Waals surface area contributed by atoms with E-state index in [-0.39, 0.29) is 23.4 Å². The van der Waals surface area contributed by atoms with Gasteiger partial charge in [0.25, 0.3) is 5.91 Å². The van der Waals surface area contributed by atoms with Crippen molar-refractivity contribution in [3.8, 4) is 0 Å². The molecule has 3 heterocycles. The summed E-state index contributed by atoms with van der Waals surface area (Å²) < 4.78 is 5.27. The van der Waals surface area contributed by atoms with Crippen molar-refractivity contribution in [3.63, 3.8) is 0 Å². The fraction of sp³-hybridized carbons (Fsp3) is 0.529. The van der Waals surface area contributed by atoms with Crippen LogP contribution in [0.2, 0.25) is 0 Å². The Morgan fingerprint density at radius 2 is 1.88 bits per heavy atom. The maximum absolute atomic E-state index is 12.6. The summed E-state index contributed by atoms with van der Waals surface area (Å²) >= 11 is 0. The summed E-state index contributed by atoms with van der Waals surface area (Å²) in [7, 11) is 0. The predicted octanol–water partition coefficient (Wildman–Crippen LogP) is 0.491. The number of carboxylic acids is 1. The van der Waals surface area contributed by atoms with E-state index in [1.165, 1.54) is 18.3 Å². The van der Waals surface area contributed by atoms with E-state index in [2.05, 4.69) is 4.98 Å². The van der Waals surface area contributed by atoms with E-state index in [0.29, 0.717) is 45.0 Å². The van der Waals surface area contributed by atoms with Crippen molar-refractivity contribution >= 4 is 17.8 Å². The smallest absolute Gasteiger partial charge is 0.354 e. The van der Waals surface area contributed by atoms with Gasteiger partial charge < -0.3 is 19.6 Å². The average molecular weight is 347 g/mol. The summed E-state index contributed by atoms with van der Waals surface area (Å²) in [6.07, 6.45) is 2.82. The number of pyridine rings is 1. The monoisotopic (exact) mass is 347 g/mol. The third-order valence-electron chi connectivity index (χ3n) is 4.61. The first-order valence-electron chi connectivity index (χ1n) is 8.41. The molecule has 2 aliphatic heterocycles. The van der Waals surface area contributed by atoms with Gasteiger partial charge in [0.05, 0.1) is 24.7 Å². The van der Waals surface area contributed by atoms with Gasteiger partial charge in [-0.1, -0.05) is 0 Å². The molecule has 2 amide bonds. The third kappa shape index (κ3) is 3.96. The van der Waals surface area contributed by atoms with Crippen molar-refractivity contribution in [2.45, 2.75) is 12.8 Å². The summed E-state index contributed by atoms with van der Waals surface area (Å²) in [6.45, 7) is 3.29. The molecule has 1 N–H and O–H groups in total. The van der Waals surface area contributed by atoms with E-state index < -0.39 is 5.97 Å². The van der Waals surface area contributed by atoms with Gasteiger partial charge in [-0.3, -0.25) is 9.59 Å². The van der Waals surface area contributed by atoms with Gasteiger partial charge in [0.15, 0.2) is 0 Å². The number of piperidine rings is 1. The van der Waals surface area contributed by atoms with Crippen LogP contribution in [-0.4, -0.2) is 77.1 Å². The van der Waals surface area contributed by atoms with Gasteiger partial charge in [0, 0.05) is 32.4 Å². The lowest BCUT2D eigenvalue weighted by Gasteiger charge is -2.36. The molecule has 2 saturated heterocycles. The molecular formula is C17H21N3O5. The molecule has 0 aromatic carbocycles. The number of morpholine rings is 1. The van der Waals surface area contributed by atoms with Crippen molar-refractivity contribution in [3.05, 3.63) is 29.6 Å². The van der Waals surface area contributed by atoms with E-state index in [9.17, 15) is 14.4 Å². The highest BCUT2D eigenvalue weighted by Crippen LogP contribution is 2.21. The highest BCUT2D eigenvalue weighted by atomic mass is 16.5. The van der Waals surface area contributed by atoms with Gasteiger partial charge in [-0.05, 0) is 25.0 Å². The Labute approximate surface area is 145 Å². The number of hydrogen-bond donors (Lipinski definition) is 1. The number of carboxylic acid groups (broad SMARTS) is 1. The molecule has 8 heteroatoms. The van der Waals surface area contributed by atoms with Gasteiger partial charge in [0.2, 0.25) is 5.91 Å². The average Bonchev–Trinajstić information content (AvgIpc) is 2.67. The Kier molecular flexibility index (Phi) is 5.28. The summed E-state index contributed by atoms with van der Waals surface area (Å²) in [6, 6.07) is 2.78. The van der Waals surface area contributed by atoms with Crippen molar-refractivity contribution in [1.82, 2.24) is 14.8 Å². The number of carbonyl (C=O) groups is 3. The highest BCUT2D eigenvalue weighted by Gasteiger charge is 2.32. The number of carbonyl (C=O) groups excluding carboxylic acids is 2. The van der Waals surface area contributed by atoms with Crippen LogP contribution in [0.25, 0.3) is 0 Å². The van der Waals surface area contributed by atoms with Crippen LogP contribution in [-0.2, 0) is 9.53 Å². The fourth-order valence-electron chi connectivity index (χ4n) is 3.23. The van der Waals surface area contributed by atoms with Crippen LogP contribution in [0, 0.1) is 5.92 Å². The zero-order chi connectivity index (χ0) is 17.8. The molecule has 0 bridgehead atoms. The van der Waals surface area contributed by atoms with Gasteiger partial charge in [-0.25, -0.2) is 9.78 Å².